The lowest BCUT2D eigenvalue weighted by molar-refractivity contribution is -0.119. The SMILES string of the molecule is CCCCN(CC(=O)N1c2ccccc2-n2cccc2C1c1ccc(F)cc1)C(=O)Nc1ccc(C)cc1C. The summed E-state index contributed by atoms with van der Waals surface area (Å²) < 4.78 is 15.9. The van der Waals surface area contributed by atoms with Gasteiger partial charge in [0.05, 0.1) is 17.1 Å². The summed E-state index contributed by atoms with van der Waals surface area (Å²) in [7, 11) is 0. The second kappa shape index (κ2) is 11.2. The molecule has 1 unspecified atom stereocenters. The summed E-state index contributed by atoms with van der Waals surface area (Å²) in [6, 6.07) is 23.0. The molecule has 0 bridgehead atoms. The number of carbonyl (C=O) groups excluding carboxylic acids is 2. The van der Waals surface area contributed by atoms with Crippen molar-refractivity contribution in [1.82, 2.24) is 9.47 Å². The number of unbranched alkanes of at least 4 members (excludes halogenated alkanes) is 1. The predicted molar refractivity (Wildman–Crippen MR) is 153 cm³/mol. The predicted octanol–water partition coefficient (Wildman–Crippen LogP) is 7.00. The van der Waals surface area contributed by atoms with Crippen LogP contribution in [0.3, 0.4) is 0 Å². The zero-order valence-electron chi connectivity index (χ0n) is 22.5. The molecule has 3 aromatic carbocycles. The summed E-state index contributed by atoms with van der Waals surface area (Å²) in [5, 5.41) is 3.00. The van der Waals surface area contributed by atoms with Crippen molar-refractivity contribution in [2.24, 2.45) is 0 Å². The maximum absolute atomic E-state index is 14.2. The van der Waals surface area contributed by atoms with Gasteiger partial charge in [-0.3, -0.25) is 9.69 Å². The van der Waals surface area contributed by atoms with E-state index in [0.29, 0.717) is 6.54 Å². The number of para-hydroxylation sites is 2. The molecule has 1 aliphatic rings. The minimum absolute atomic E-state index is 0.0938. The van der Waals surface area contributed by atoms with Crippen molar-refractivity contribution in [2.75, 3.05) is 23.3 Å². The van der Waals surface area contributed by atoms with E-state index in [9.17, 15) is 14.0 Å². The van der Waals surface area contributed by atoms with Crippen LogP contribution >= 0.6 is 0 Å². The van der Waals surface area contributed by atoms with Crippen LogP contribution in [0.2, 0.25) is 0 Å². The fourth-order valence-corrected chi connectivity index (χ4v) is 5.21. The first-order chi connectivity index (χ1) is 18.9. The highest BCUT2D eigenvalue weighted by Gasteiger charge is 2.37. The zero-order chi connectivity index (χ0) is 27.5. The number of amides is 3. The molecule has 6 nitrogen and oxygen atoms in total. The number of carbonyl (C=O) groups is 2. The Morgan fingerprint density at radius 3 is 2.41 bits per heavy atom. The number of urea groups is 1. The highest BCUT2D eigenvalue weighted by molar-refractivity contribution is 6.01. The third kappa shape index (κ3) is 5.30. The lowest BCUT2D eigenvalue weighted by atomic mass is 9.97. The van der Waals surface area contributed by atoms with Crippen LogP contribution in [0.5, 0.6) is 0 Å². The second-order valence-corrected chi connectivity index (χ2v) is 10.0. The van der Waals surface area contributed by atoms with Crippen molar-refractivity contribution < 1.29 is 14.0 Å². The van der Waals surface area contributed by atoms with Crippen molar-refractivity contribution >= 4 is 23.3 Å². The molecule has 0 saturated carbocycles. The number of aromatic nitrogens is 1. The number of benzene rings is 3. The fraction of sp³-hybridized carbons (Fsp3) is 0.250. The Morgan fingerprint density at radius 1 is 0.949 bits per heavy atom. The topological polar surface area (TPSA) is 57.6 Å². The smallest absolute Gasteiger partial charge is 0.316 e. The Bertz CT molecular complexity index is 1490. The number of nitrogens with zero attached hydrogens (tertiary/aromatic N) is 3. The third-order valence-corrected chi connectivity index (χ3v) is 7.19. The van der Waals surface area contributed by atoms with Gasteiger partial charge >= 0.3 is 6.03 Å². The van der Waals surface area contributed by atoms with E-state index in [1.807, 2.05) is 74.6 Å². The summed E-state index contributed by atoms with van der Waals surface area (Å²) >= 11 is 0. The Hall–Kier alpha value is -4.39. The van der Waals surface area contributed by atoms with Crippen molar-refractivity contribution in [2.45, 2.75) is 39.7 Å². The molecule has 0 fully saturated rings. The number of hydrogen-bond acceptors (Lipinski definition) is 2. The van der Waals surface area contributed by atoms with Gasteiger partial charge in [0.25, 0.3) is 0 Å². The highest BCUT2D eigenvalue weighted by Crippen LogP contribution is 2.42. The first-order valence-electron chi connectivity index (χ1n) is 13.3. The summed E-state index contributed by atoms with van der Waals surface area (Å²) in [5.41, 5.74) is 6.11. The fourth-order valence-electron chi connectivity index (χ4n) is 5.21. The van der Waals surface area contributed by atoms with Gasteiger partial charge in [0.1, 0.15) is 18.4 Å². The van der Waals surface area contributed by atoms with E-state index in [2.05, 4.69) is 16.8 Å². The molecule has 0 aliphatic carbocycles. The zero-order valence-corrected chi connectivity index (χ0v) is 22.5. The molecular formula is C32H33FN4O2. The Kier molecular flexibility index (Phi) is 7.50. The van der Waals surface area contributed by atoms with Crippen LogP contribution in [0.15, 0.2) is 85.1 Å². The Balaban J connectivity index is 1.50. The lowest BCUT2D eigenvalue weighted by Crippen LogP contribution is -2.48. The molecule has 4 aromatic rings. The van der Waals surface area contributed by atoms with Gasteiger partial charge in [-0.25, -0.2) is 9.18 Å². The van der Waals surface area contributed by atoms with Crippen LogP contribution < -0.4 is 10.2 Å². The standard InChI is InChI=1S/C32H33FN4O2/c1-4-5-18-35(32(39)34-26-17-12-22(2)20-23(26)3)21-30(38)37-28-10-7-6-9-27(28)36-19-8-11-29(36)31(37)24-13-15-25(33)16-14-24/h6-17,19-20,31H,4-5,18,21H2,1-3H3,(H,34,39). The number of nitrogens with one attached hydrogen (secondary N) is 1. The van der Waals surface area contributed by atoms with E-state index in [4.69, 9.17) is 0 Å². The summed E-state index contributed by atoms with van der Waals surface area (Å²) in [6.07, 6.45) is 3.63. The number of anilines is 2. The highest BCUT2D eigenvalue weighted by atomic mass is 19.1. The Morgan fingerprint density at radius 2 is 1.69 bits per heavy atom. The molecule has 7 heteroatoms. The van der Waals surface area contributed by atoms with E-state index in [1.54, 1.807) is 21.9 Å². The molecule has 0 saturated heterocycles. The van der Waals surface area contributed by atoms with E-state index in [0.717, 1.165) is 52.3 Å². The van der Waals surface area contributed by atoms with Gasteiger partial charge in [-0.05, 0) is 73.9 Å². The molecule has 5 rings (SSSR count). The normalized spacial score (nSPS) is 13.9. The van der Waals surface area contributed by atoms with Crippen LogP contribution in [0, 0.1) is 19.7 Å². The number of aryl methyl sites for hydroxylation is 2. The van der Waals surface area contributed by atoms with Gasteiger partial charge in [-0.15, -0.1) is 0 Å². The Labute approximate surface area is 228 Å². The molecule has 1 N–H and O–H groups in total. The molecule has 1 aliphatic heterocycles. The van der Waals surface area contributed by atoms with Crippen molar-refractivity contribution in [3.63, 3.8) is 0 Å². The minimum Gasteiger partial charge on any atom is -0.316 e. The summed E-state index contributed by atoms with van der Waals surface area (Å²) in [5.74, 6) is -0.548. The number of rotatable bonds is 7. The number of hydrogen-bond donors (Lipinski definition) is 1. The first-order valence-corrected chi connectivity index (χ1v) is 13.3. The van der Waals surface area contributed by atoms with E-state index in [-0.39, 0.29) is 24.3 Å². The third-order valence-electron chi connectivity index (χ3n) is 7.19. The molecule has 200 valence electrons. The van der Waals surface area contributed by atoms with E-state index >= 15 is 0 Å². The number of fused-ring (bicyclic) bond motifs is 3. The van der Waals surface area contributed by atoms with Gasteiger partial charge in [0.2, 0.25) is 5.91 Å². The molecule has 2 heterocycles. The van der Waals surface area contributed by atoms with Crippen molar-refractivity contribution in [3.8, 4) is 5.69 Å². The average molecular weight is 525 g/mol. The van der Waals surface area contributed by atoms with Gasteiger partial charge in [-0.1, -0.05) is 55.3 Å². The van der Waals surface area contributed by atoms with Gasteiger partial charge in [0, 0.05) is 18.4 Å². The molecule has 39 heavy (non-hydrogen) atoms. The largest absolute Gasteiger partial charge is 0.322 e. The summed E-state index contributed by atoms with van der Waals surface area (Å²) in [6.45, 7) is 6.38. The van der Waals surface area contributed by atoms with E-state index in [1.165, 1.54) is 12.1 Å². The van der Waals surface area contributed by atoms with Gasteiger partial charge in [-0.2, -0.15) is 0 Å². The van der Waals surface area contributed by atoms with Crippen LogP contribution in [-0.4, -0.2) is 34.5 Å². The van der Waals surface area contributed by atoms with E-state index < -0.39 is 6.04 Å². The molecule has 1 aromatic heterocycles. The monoisotopic (exact) mass is 524 g/mol. The molecule has 0 spiro atoms. The summed E-state index contributed by atoms with van der Waals surface area (Å²) in [4.78, 5) is 31.0. The molecule has 0 radical (unpaired) electrons. The second-order valence-electron chi connectivity index (χ2n) is 10.0. The van der Waals surface area contributed by atoms with Crippen molar-refractivity contribution in [1.29, 1.82) is 0 Å². The van der Waals surface area contributed by atoms with Crippen LogP contribution in [0.4, 0.5) is 20.6 Å². The minimum atomic E-state index is -0.474. The van der Waals surface area contributed by atoms with Crippen LogP contribution in [0.1, 0.15) is 48.2 Å². The average Bonchev–Trinajstić information content (AvgIpc) is 3.42. The molecule has 1 atom stereocenters. The lowest BCUT2D eigenvalue weighted by Gasteiger charge is -2.39. The van der Waals surface area contributed by atoms with Crippen LogP contribution in [0.25, 0.3) is 5.69 Å². The maximum Gasteiger partial charge on any atom is 0.322 e. The molecular weight excluding hydrogens is 491 g/mol. The van der Waals surface area contributed by atoms with Gasteiger partial charge < -0.3 is 14.8 Å². The first kappa shape index (κ1) is 26.2. The maximum atomic E-state index is 14.2. The van der Waals surface area contributed by atoms with Crippen molar-refractivity contribution in [3.05, 3.63) is 113 Å². The quantitative estimate of drug-likeness (QED) is 0.283. The molecule has 3 amide bonds. The van der Waals surface area contributed by atoms with Crippen LogP contribution in [-0.2, 0) is 4.79 Å². The number of halogens is 1. The van der Waals surface area contributed by atoms with Gasteiger partial charge in [0.15, 0.2) is 0 Å².